The van der Waals surface area contributed by atoms with Crippen LogP contribution in [0.2, 0.25) is 0 Å². The Hall–Kier alpha value is -1.02. The van der Waals surface area contributed by atoms with Gasteiger partial charge in [-0.3, -0.25) is 0 Å². The molecule has 0 aliphatic carbocycles. The molecule has 96 valence electrons. The highest BCUT2D eigenvalue weighted by molar-refractivity contribution is 5.48. The molecule has 0 saturated carbocycles. The predicted molar refractivity (Wildman–Crippen MR) is 76.8 cm³/mol. The molecule has 1 aliphatic rings. The molecule has 0 aromatic heterocycles. The molecule has 1 saturated heterocycles. The first kappa shape index (κ1) is 14.0. The highest BCUT2D eigenvalue weighted by Crippen LogP contribution is 2.22. The third-order valence-electron chi connectivity index (χ3n) is 3.29. The van der Waals surface area contributed by atoms with Gasteiger partial charge in [-0.1, -0.05) is 31.5 Å². The Morgan fingerprint density at radius 1 is 1.12 bits per heavy atom. The van der Waals surface area contributed by atoms with E-state index in [2.05, 4.69) is 55.1 Å². The maximum Gasteiger partial charge on any atom is 0.0366 e. The summed E-state index contributed by atoms with van der Waals surface area (Å²) in [5.74, 6) is 0. The summed E-state index contributed by atoms with van der Waals surface area (Å²) in [6.45, 7) is 8.48. The molecular formula is C15H26N2. The summed E-state index contributed by atoms with van der Waals surface area (Å²) in [5, 5.41) is 0. The molecule has 1 aromatic rings. The minimum Gasteiger partial charge on any atom is -0.370 e. The van der Waals surface area contributed by atoms with Gasteiger partial charge in [-0.05, 0) is 39.6 Å². The van der Waals surface area contributed by atoms with Crippen molar-refractivity contribution in [3.05, 3.63) is 29.8 Å². The maximum atomic E-state index is 2.48. The molecule has 0 amide bonds. The largest absolute Gasteiger partial charge is 0.370 e. The highest BCUT2D eigenvalue weighted by atomic mass is 15.2. The van der Waals surface area contributed by atoms with Gasteiger partial charge in [0.15, 0.2) is 0 Å². The van der Waals surface area contributed by atoms with Gasteiger partial charge in [-0.15, -0.1) is 0 Å². The molecule has 1 atom stereocenters. The standard InChI is InChI=1S/C13H20N2.C2H6/c1-11-4-6-12(7-5-11)15-9-8-13(10-15)14(2)3;1-2/h4-7,13H,8-10H2,1-3H3;1-2H3. The summed E-state index contributed by atoms with van der Waals surface area (Å²) in [5.41, 5.74) is 2.70. The molecule has 0 spiro atoms. The third-order valence-corrected chi connectivity index (χ3v) is 3.29. The van der Waals surface area contributed by atoms with Crippen molar-refractivity contribution in [1.29, 1.82) is 0 Å². The number of aryl methyl sites for hydroxylation is 1. The lowest BCUT2D eigenvalue weighted by Crippen LogP contribution is -2.31. The van der Waals surface area contributed by atoms with Crippen molar-refractivity contribution in [2.45, 2.75) is 33.2 Å². The Balaban J connectivity index is 0.000000686. The molecular weight excluding hydrogens is 208 g/mol. The van der Waals surface area contributed by atoms with E-state index in [1.165, 1.54) is 24.2 Å². The first-order chi connectivity index (χ1) is 8.16. The van der Waals surface area contributed by atoms with Gasteiger partial charge in [-0.2, -0.15) is 0 Å². The lowest BCUT2D eigenvalue weighted by Gasteiger charge is -2.21. The molecule has 1 unspecified atom stereocenters. The van der Waals surface area contributed by atoms with Crippen LogP contribution in [0.25, 0.3) is 0 Å². The maximum absolute atomic E-state index is 2.48. The third kappa shape index (κ3) is 3.74. The van der Waals surface area contributed by atoms with Crippen LogP contribution in [-0.4, -0.2) is 38.1 Å². The van der Waals surface area contributed by atoms with Gasteiger partial charge in [0.05, 0.1) is 0 Å². The topological polar surface area (TPSA) is 6.48 Å². The van der Waals surface area contributed by atoms with E-state index in [9.17, 15) is 0 Å². The molecule has 1 aliphatic heterocycles. The van der Waals surface area contributed by atoms with E-state index in [4.69, 9.17) is 0 Å². The van der Waals surface area contributed by atoms with Gasteiger partial charge in [0.2, 0.25) is 0 Å². The zero-order chi connectivity index (χ0) is 12.8. The second kappa shape index (κ2) is 6.65. The van der Waals surface area contributed by atoms with Gasteiger partial charge < -0.3 is 9.80 Å². The van der Waals surface area contributed by atoms with Gasteiger partial charge in [0, 0.05) is 24.8 Å². The van der Waals surface area contributed by atoms with Gasteiger partial charge in [0.25, 0.3) is 0 Å². The smallest absolute Gasteiger partial charge is 0.0366 e. The Kier molecular flexibility index (Phi) is 5.49. The molecule has 2 nitrogen and oxygen atoms in total. The number of rotatable bonds is 2. The summed E-state index contributed by atoms with van der Waals surface area (Å²) >= 11 is 0. The molecule has 1 fully saturated rings. The monoisotopic (exact) mass is 234 g/mol. The lowest BCUT2D eigenvalue weighted by molar-refractivity contribution is 0.315. The van der Waals surface area contributed by atoms with Crippen molar-refractivity contribution in [3.63, 3.8) is 0 Å². The summed E-state index contributed by atoms with van der Waals surface area (Å²) < 4.78 is 0. The van der Waals surface area contributed by atoms with Crippen molar-refractivity contribution in [2.75, 3.05) is 32.1 Å². The molecule has 0 radical (unpaired) electrons. The number of likely N-dealkylation sites (N-methyl/N-ethyl adjacent to an activating group) is 1. The highest BCUT2D eigenvalue weighted by Gasteiger charge is 2.23. The number of benzene rings is 1. The van der Waals surface area contributed by atoms with Gasteiger partial charge in [0.1, 0.15) is 0 Å². The van der Waals surface area contributed by atoms with E-state index >= 15 is 0 Å². The summed E-state index contributed by atoms with van der Waals surface area (Å²) in [6.07, 6.45) is 1.28. The van der Waals surface area contributed by atoms with Crippen LogP contribution in [0.3, 0.4) is 0 Å². The Labute approximate surface area is 106 Å². The van der Waals surface area contributed by atoms with Crippen LogP contribution in [0.4, 0.5) is 5.69 Å². The van der Waals surface area contributed by atoms with Crippen LogP contribution >= 0.6 is 0 Å². The SMILES string of the molecule is CC.Cc1ccc(N2CCC(N(C)C)C2)cc1. The number of nitrogens with zero attached hydrogens (tertiary/aromatic N) is 2. The number of anilines is 1. The molecule has 2 rings (SSSR count). The minimum atomic E-state index is 0.714. The van der Waals surface area contributed by atoms with E-state index in [1.807, 2.05) is 13.8 Å². The van der Waals surface area contributed by atoms with Crippen LogP contribution in [0.1, 0.15) is 25.8 Å². The second-order valence-electron chi connectivity index (χ2n) is 4.69. The van der Waals surface area contributed by atoms with E-state index in [-0.39, 0.29) is 0 Å². The second-order valence-corrected chi connectivity index (χ2v) is 4.69. The van der Waals surface area contributed by atoms with Crippen LogP contribution in [0.15, 0.2) is 24.3 Å². The molecule has 17 heavy (non-hydrogen) atoms. The fourth-order valence-corrected chi connectivity index (χ4v) is 2.15. The zero-order valence-corrected chi connectivity index (χ0v) is 11.9. The zero-order valence-electron chi connectivity index (χ0n) is 11.9. The number of hydrogen-bond donors (Lipinski definition) is 0. The van der Waals surface area contributed by atoms with Crippen molar-refractivity contribution in [2.24, 2.45) is 0 Å². The quantitative estimate of drug-likeness (QED) is 0.775. The van der Waals surface area contributed by atoms with Crippen molar-refractivity contribution >= 4 is 5.69 Å². The Bertz CT molecular complexity index is 316. The van der Waals surface area contributed by atoms with E-state index in [0.29, 0.717) is 6.04 Å². The van der Waals surface area contributed by atoms with E-state index < -0.39 is 0 Å². The first-order valence-electron chi connectivity index (χ1n) is 6.65. The fourth-order valence-electron chi connectivity index (χ4n) is 2.15. The van der Waals surface area contributed by atoms with Crippen molar-refractivity contribution in [3.8, 4) is 0 Å². The predicted octanol–water partition coefficient (Wildman–Crippen LogP) is 3.16. The fraction of sp³-hybridized carbons (Fsp3) is 0.600. The Morgan fingerprint density at radius 2 is 1.71 bits per heavy atom. The Morgan fingerprint density at radius 3 is 2.18 bits per heavy atom. The first-order valence-corrected chi connectivity index (χ1v) is 6.65. The molecule has 2 heteroatoms. The van der Waals surface area contributed by atoms with Crippen LogP contribution in [0, 0.1) is 6.92 Å². The van der Waals surface area contributed by atoms with Crippen LogP contribution in [0.5, 0.6) is 0 Å². The van der Waals surface area contributed by atoms with Gasteiger partial charge in [-0.25, -0.2) is 0 Å². The average molecular weight is 234 g/mol. The minimum absolute atomic E-state index is 0.714. The van der Waals surface area contributed by atoms with Crippen LogP contribution < -0.4 is 4.90 Å². The van der Waals surface area contributed by atoms with E-state index in [0.717, 1.165) is 6.54 Å². The lowest BCUT2D eigenvalue weighted by atomic mass is 10.2. The van der Waals surface area contributed by atoms with Crippen molar-refractivity contribution < 1.29 is 0 Å². The van der Waals surface area contributed by atoms with Crippen LogP contribution in [-0.2, 0) is 0 Å². The molecule has 0 bridgehead atoms. The number of hydrogen-bond acceptors (Lipinski definition) is 2. The average Bonchev–Trinajstić information content (AvgIpc) is 2.82. The summed E-state index contributed by atoms with van der Waals surface area (Å²) in [4.78, 5) is 4.80. The normalized spacial score (nSPS) is 19.2. The molecule has 1 aromatic carbocycles. The summed E-state index contributed by atoms with van der Waals surface area (Å²) in [7, 11) is 4.34. The summed E-state index contributed by atoms with van der Waals surface area (Å²) in [6, 6.07) is 9.56. The molecule has 0 N–H and O–H groups in total. The van der Waals surface area contributed by atoms with Crippen molar-refractivity contribution in [1.82, 2.24) is 4.90 Å². The molecule has 1 heterocycles. The van der Waals surface area contributed by atoms with E-state index in [1.54, 1.807) is 0 Å². The van der Waals surface area contributed by atoms with Gasteiger partial charge >= 0.3 is 0 Å².